The van der Waals surface area contributed by atoms with Crippen LogP contribution in [-0.4, -0.2) is 44.3 Å². The van der Waals surface area contributed by atoms with Gasteiger partial charge in [0.05, 0.1) is 22.8 Å². The van der Waals surface area contributed by atoms with Gasteiger partial charge in [-0.2, -0.15) is 4.31 Å². The molecule has 1 N–H and O–H groups in total. The predicted octanol–water partition coefficient (Wildman–Crippen LogP) is 3.46. The summed E-state index contributed by atoms with van der Waals surface area (Å²) < 4.78 is 45.4. The molecule has 2 aromatic carbocycles. The zero-order chi connectivity index (χ0) is 23.6. The normalized spacial score (nSPS) is 20.1. The second kappa shape index (κ2) is 9.23. The molecular formula is C24H27FN2O5S. The first kappa shape index (κ1) is 23.4. The van der Waals surface area contributed by atoms with E-state index in [-0.39, 0.29) is 23.3 Å². The Balaban J connectivity index is 1.40. The molecule has 2 aliphatic rings. The van der Waals surface area contributed by atoms with E-state index >= 15 is 0 Å². The van der Waals surface area contributed by atoms with Gasteiger partial charge in [-0.05, 0) is 74.6 Å². The van der Waals surface area contributed by atoms with E-state index in [9.17, 15) is 22.4 Å². The van der Waals surface area contributed by atoms with Crippen molar-refractivity contribution in [3.05, 3.63) is 59.9 Å². The molecule has 1 aliphatic heterocycles. The SMILES string of the molecule is CCOC(=O)C1(c2ccc(NC(=O)[C@H]3CCCN(S(=O)(=O)c4ccc(F)cc4)C3)cc2)CC1. The molecule has 2 fully saturated rings. The number of carbonyl (C=O) groups is 2. The molecule has 0 radical (unpaired) electrons. The number of halogens is 1. The van der Waals surface area contributed by atoms with Crippen molar-refractivity contribution in [3.63, 3.8) is 0 Å². The molecule has 33 heavy (non-hydrogen) atoms. The van der Waals surface area contributed by atoms with E-state index < -0.39 is 27.2 Å². The monoisotopic (exact) mass is 474 g/mol. The van der Waals surface area contributed by atoms with Gasteiger partial charge in [-0.3, -0.25) is 9.59 Å². The summed E-state index contributed by atoms with van der Waals surface area (Å²) in [5, 5.41) is 2.86. The molecule has 9 heteroatoms. The number of esters is 1. The molecule has 0 bridgehead atoms. The average molecular weight is 475 g/mol. The van der Waals surface area contributed by atoms with Crippen molar-refractivity contribution >= 4 is 27.6 Å². The zero-order valence-electron chi connectivity index (χ0n) is 18.4. The Morgan fingerprint density at radius 3 is 2.39 bits per heavy atom. The van der Waals surface area contributed by atoms with E-state index in [1.54, 1.807) is 19.1 Å². The lowest BCUT2D eigenvalue weighted by molar-refractivity contribution is -0.146. The third kappa shape index (κ3) is 4.79. The fourth-order valence-electron chi connectivity index (χ4n) is 4.25. The van der Waals surface area contributed by atoms with E-state index in [1.807, 2.05) is 12.1 Å². The third-order valence-electron chi connectivity index (χ3n) is 6.33. The van der Waals surface area contributed by atoms with Crippen molar-refractivity contribution in [2.75, 3.05) is 25.0 Å². The summed E-state index contributed by atoms with van der Waals surface area (Å²) in [7, 11) is -3.80. The van der Waals surface area contributed by atoms with Gasteiger partial charge in [0.15, 0.2) is 0 Å². The molecule has 7 nitrogen and oxygen atoms in total. The molecule has 1 saturated carbocycles. The van der Waals surface area contributed by atoms with Gasteiger partial charge in [-0.15, -0.1) is 0 Å². The quantitative estimate of drug-likeness (QED) is 0.621. The number of hydrogen-bond acceptors (Lipinski definition) is 5. The lowest BCUT2D eigenvalue weighted by Crippen LogP contribution is -2.43. The molecular weight excluding hydrogens is 447 g/mol. The second-order valence-corrected chi connectivity index (χ2v) is 10.5. The number of ether oxygens (including phenoxy) is 1. The van der Waals surface area contributed by atoms with Crippen LogP contribution in [0.15, 0.2) is 53.4 Å². The number of rotatable bonds is 7. The van der Waals surface area contributed by atoms with Crippen molar-refractivity contribution in [1.82, 2.24) is 4.31 Å². The smallest absolute Gasteiger partial charge is 0.316 e. The van der Waals surface area contributed by atoms with E-state index in [0.717, 1.165) is 30.5 Å². The van der Waals surface area contributed by atoms with Gasteiger partial charge in [0.1, 0.15) is 5.82 Å². The minimum atomic E-state index is -3.80. The summed E-state index contributed by atoms with van der Waals surface area (Å²) >= 11 is 0. The largest absolute Gasteiger partial charge is 0.465 e. The predicted molar refractivity (Wildman–Crippen MR) is 120 cm³/mol. The highest BCUT2D eigenvalue weighted by Gasteiger charge is 2.52. The molecule has 4 rings (SSSR count). The van der Waals surface area contributed by atoms with Crippen LogP contribution in [0, 0.1) is 11.7 Å². The lowest BCUT2D eigenvalue weighted by Gasteiger charge is -2.31. The van der Waals surface area contributed by atoms with Crippen LogP contribution < -0.4 is 5.32 Å². The number of amides is 1. The number of nitrogens with one attached hydrogen (secondary N) is 1. The Bertz CT molecular complexity index is 1130. The number of nitrogens with zero attached hydrogens (tertiary/aromatic N) is 1. The topological polar surface area (TPSA) is 92.8 Å². The molecule has 1 saturated heterocycles. The molecule has 0 unspecified atom stereocenters. The van der Waals surface area contributed by atoms with Crippen molar-refractivity contribution in [2.45, 2.75) is 42.9 Å². The van der Waals surface area contributed by atoms with Crippen LogP contribution in [0.3, 0.4) is 0 Å². The molecule has 176 valence electrons. The van der Waals surface area contributed by atoms with Gasteiger partial charge >= 0.3 is 5.97 Å². The van der Waals surface area contributed by atoms with Crippen molar-refractivity contribution in [1.29, 1.82) is 0 Å². The van der Waals surface area contributed by atoms with Gasteiger partial charge in [-0.1, -0.05) is 12.1 Å². The third-order valence-corrected chi connectivity index (χ3v) is 8.21. The standard InChI is InChI=1S/C24H27FN2O5S/c1-2-32-23(29)24(13-14-24)18-5-9-20(10-6-18)26-22(28)17-4-3-15-27(16-17)33(30,31)21-11-7-19(25)8-12-21/h5-12,17H,2-4,13-16H2,1H3,(H,26,28)/t17-/m0/s1. The highest BCUT2D eigenvalue weighted by atomic mass is 32.2. The molecule has 0 spiro atoms. The van der Waals surface area contributed by atoms with Crippen molar-refractivity contribution < 1.29 is 27.1 Å². The number of hydrogen-bond donors (Lipinski definition) is 1. The number of sulfonamides is 1. The van der Waals surface area contributed by atoms with Crippen LogP contribution in [0.2, 0.25) is 0 Å². The van der Waals surface area contributed by atoms with Gasteiger partial charge in [-0.25, -0.2) is 12.8 Å². The van der Waals surface area contributed by atoms with Crippen LogP contribution in [0.5, 0.6) is 0 Å². The molecule has 0 aromatic heterocycles. The Hall–Kier alpha value is -2.78. The Labute approximate surface area is 193 Å². The summed E-state index contributed by atoms with van der Waals surface area (Å²) in [6, 6.07) is 11.8. The maximum atomic E-state index is 13.2. The van der Waals surface area contributed by atoms with Crippen LogP contribution in [0.25, 0.3) is 0 Å². The Morgan fingerprint density at radius 1 is 1.12 bits per heavy atom. The second-order valence-electron chi connectivity index (χ2n) is 8.53. The lowest BCUT2D eigenvalue weighted by atomic mass is 9.95. The number of benzene rings is 2. The highest BCUT2D eigenvalue weighted by molar-refractivity contribution is 7.89. The van der Waals surface area contributed by atoms with E-state index in [0.29, 0.717) is 31.7 Å². The average Bonchev–Trinajstić information content (AvgIpc) is 3.62. The summed E-state index contributed by atoms with van der Waals surface area (Å²) in [6.45, 7) is 2.50. The first-order valence-corrected chi connectivity index (χ1v) is 12.5. The molecule has 1 heterocycles. The van der Waals surface area contributed by atoms with E-state index in [1.165, 1.54) is 16.4 Å². The van der Waals surface area contributed by atoms with Gasteiger partial charge in [0.2, 0.25) is 15.9 Å². The first-order chi connectivity index (χ1) is 15.8. The molecule has 2 aromatic rings. The summed E-state index contributed by atoms with van der Waals surface area (Å²) in [5.41, 5.74) is 0.882. The maximum Gasteiger partial charge on any atom is 0.316 e. The number of piperidine rings is 1. The van der Waals surface area contributed by atoms with Crippen molar-refractivity contribution in [2.24, 2.45) is 5.92 Å². The summed E-state index contributed by atoms with van der Waals surface area (Å²) in [6.07, 6.45) is 2.63. The van der Waals surface area contributed by atoms with E-state index in [2.05, 4.69) is 5.32 Å². The fraction of sp³-hybridized carbons (Fsp3) is 0.417. The Morgan fingerprint density at radius 2 is 1.79 bits per heavy atom. The minimum absolute atomic E-state index is 0.0103. The summed E-state index contributed by atoms with van der Waals surface area (Å²) in [5.74, 6) is -1.48. The van der Waals surface area contributed by atoms with Crippen LogP contribution >= 0.6 is 0 Å². The maximum absolute atomic E-state index is 13.2. The molecule has 1 amide bonds. The number of anilines is 1. The van der Waals surface area contributed by atoms with Gasteiger partial charge < -0.3 is 10.1 Å². The fourth-order valence-corrected chi connectivity index (χ4v) is 5.78. The van der Waals surface area contributed by atoms with E-state index in [4.69, 9.17) is 4.74 Å². The van der Waals surface area contributed by atoms with Crippen LogP contribution in [0.1, 0.15) is 38.2 Å². The molecule has 1 atom stereocenters. The highest BCUT2D eigenvalue weighted by Crippen LogP contribution is 2.49. The van der Waals surface area contributed by atoms with Gasteiger partial charge in [0, 0.05) is 18.8 Å². The van der Waals surface area contributed by atoms with Crippen LogP contribution in [-0.2, 0) is 29.8 Å². The van der Waals surface area contributed by atoms with Crippen LogP contribution in [0.4, 0.5) is 10.1 Å². The van der Waals surface area contributed by atoms with Crippen molar-refractivity contribution in [3.8, 4) is 0 Å². The number of carbonyl (C=O) groups excluding carboxylic acids is 2. The minimum Gasteiger partial charge on any atom is -0.465 e. The first-order valence-electron chi connectivity index (χ1n) is 11.1. The Kier molecular flexibility index (Phi) is 6.54. The van der Waals surface area contributed by atoms with Gasteiger partial charge in [0.25, 0.3) is 0 Å². The zero-order valence-corrected chi connectivity index (χ0v) is 19.2. The molecule has 1 aliphatic carbocycles. The summed E-state index contributed by atoms with van der Waals surface area (Å²) in [4.78, 5) is 25.1.